The lowest BCUT2D eigenvalue weighted by Crippen LogP contribution is -2.46. The highest BCUT2D eigenvalue weighted by molar-refractivity contribution is 5.80. The molecule has 24 heavy (non-hydrogen) atoms. The summed E-state index contributed by atoms with van der Waals surface area (Å²) in [6.45, 7) is 14.3. The first kappa shape index (κ1) is 20.8. The molecule has 0 radical (unpaired) electrons. The Hall–Kier alpha value is -1.26. The van der Waals surface area contributed by atoms with Gasteiger partial charge in [0.1, 0.15) is 11.6 Å². The predicted octanol–water partition coefficient (Wildman–Crippen LogP) is 4.60. The fourth-order valence-corrected chi connectivity index (χ4v) is 4.29. The number of carboxylic acids is 1. The number of amides is 1. The summed E-state index contributed by atoms with van der Waals surface area (Å²) in [7, 11) is 0. The van der Waals surface area contributed by atoms with Gasteiger partial charge in [0.2, 0.25) is 0 Å². The lowest BCUT2D eigenvalue weighted by atomic mass is 9.59. The maximum Gasteiger partial charge on any atom is 0.408 e. The SMILES string of the molecule is CCC1(C)CC(CC(NC(=O)OC(C)(C)C)C(=O)O)CC(C)(C)C1. The van der Waals surface area contributed by atoms with Crippen LogP contribution in [0.15, 0.2) is 0 Å². The first-order valence-corrected chi connectivity index (χ1v) is 8.98. The standard InChI is InChI=1S/C19H35NO4/c1-8-19(7)11-13(10-18(5,6)12-19)9-14(15(21)22)20-16(23)24-17(2,3)4/h13-14H,8-12H2,1-7H3,(H,20,23)(H,21,22). The Bertz CT molecular complexity index is 466. The van der Waals surface area contributed by atoms with Crippen molar-refractivity contribution in [2.24, 2.45) is 16.7 Å². The smallest absolute Gasteiger partial charge is 0.408 e. The number of alkyl carbamates (subject to hydrolysis) is 1. The van der Waals surface area contributed by atoms with Crippen molar-refractivity contribution in [3.8, 4) is 0 Å². The summed E-state index contributed by atoms with van der Waals surface area (Å²) < 4.78 is 5.20. The molecule has 0 aromatic carbocycles. The van der Waals surface area contributed by atoms with Crippen molar-refractivity contribution in [2.75, 3.05) is 0 Å². The normalized spacial score (nSPS) is 28.0. The summed E-state index contributed by atoms with van der Waals surface area (Å²) >= 11 is 0. The van der Waals surface area contributed by atoms with E-state index in [-0.39, 0.29) is 16.7 Å². The van der Waals surface area contributed by atoms with Gasteiger partial charge in [-0.3, -0.25) is 0 Å². The van der Waals surface area contributed by atoms with E-state index in [1.54, 1.807) is 20.8 Å². The van der Waals surface area contributed by atoms with Crippen LogP contribution in [-0.2, 0) is 9.53 Å². The summed E-state index contributed by atoms with van der Waals surface area (Å²) in [5.74, 6) is -0.711. The molecule has 1 rings (SSSR count). The molecule has 0 aliphatic heterocycles. The lowest BCUT2D eigenvalue weighted by molar-refractivity contribution is -0.140. The zero-order valence-electron chi connectivity index (χ0n) is 16.4. The van der Waals surface area contributed by atoms with Crippen molar-refractivity contribution in [3.05, 3.63) is 0 Å². The van der Waals surface area contributed by atoms with Gasteiger partial charge >= 0.3 is 12.1 Å². The summed E-state index contributed by atoms with van der Waals surface area (Å²) in [6.07, 6.45) is 4.03. The lowest BCUT2D eigenvalue weighted by Gasteiger charge is -2.47. The van der Waals surface area contributed by atoms with Gasteiger partial charge in [-0.25, -0.2) is 9.59 Å². The van der Waals surface area contributed by atoms with Crippen molar-refractivity contribution >= 4 is 12.1 Å². The van der Waals surface area contributed by atoms with Crippen LogP contribution in [0.4, 0.5) is 4.79 Å². The highest BCUT2D eigenvalue weighted by Gasteiger charge is 2.41. The molecule has 1 amide bonds. The number of carboxylic acid groups (broad SMARTS) is 1. The number of rotatable bonds is 5. The van der Waals surface area contributed by atoms with Crippen molar-refractivity contribution in [2.45, 2.75) is 92.2 Å². The van der Waals surface area contributed by atoms with Crippen LogP contribution in [0, 0.1) is 16.7 Å². The molecule has 5 nitrogen and oxygen atoms in total. The number of hydrogen-bond donors (Lipinski definition) is 2. The van der Waals surface area contributed by atoms with Crippen molar-refractivity contribution in [3.63, 3.8) is 0 Å². The first-order chi connectivity index (χ1) is 10.8. The van der Waals surface area contributed by atoms with Gasteiger partial charge in [0.05, 0.1) is 0 Å². The van der Waals surface area contributed by atoms with Gasteiger partial charge in [0.15, 0.2) is 0 Å². The average Bonchev–Trinajstić information content (AvgIpc) is 2.33. The molecule has 140 valence electrons. The van der Waals surface area contributed by atoms with E-state index in [1.807, 2.05) is 0 Å². The molecule has 0 aromatic rings. The van der Waals surface area contributed by atoms with E-state index in [2.05, 4.69) is 33.0 Å². The Kier molecular flexibility index (Phi) is 6.34. The van der Waals surface area contributed by atoms with E-state index >= 15 is 0 Å². The van der Waals surface area contributed by atoms with E-state index in [0.29, 0.717) is 6.42 Å². The highest BCUT2D eigenvalue weighted by Crippen LogP contribution is 2.51. The minimum Gasteiger partial charge on any atom is -0.480 e. The molecule has 1 aliphatic carbocycles. The molecule has 1 fully saturated rings. The molecule has 0 saturated heterocycles. The summed E-state index contributed by atoms with van der Waals surface area (Å²) in [5, 5.41) is 12.0. The Balaban J connectivity index is 2.77. The summed E-state index contributed by atoms with van der Waals surface area (Å²) in [6, 6.07) is -0.903. The van der Waals surface area contributed by atoms with Crippen LogP contribution in [0.2, 0.25) is 0 Å². The fraction of sp³-hybridized carbons (Fsp3) is 0.895. The van der Waals surface area contributed by atoms with Gasteiger partial charge in [-0.05, 0) is 63.2 Å². The van der Waals surface area contributed by atoms with Gasteiger partial charge < -0.3 is 15.2 Å². The quantitative estimate of drug-likeness (QED) is 0.766. The van der Waals surface area contributed by atoms with Crippen molar-refractivity contribution < 1.29 is 19.4 Å². The van der Waals surface area contributed by atoms with Gasteiger partial charge in [-0.15, -0.1) is 0 Å². The first-order valence-electron chi connectivity index (χ1n) is 8.98. The van der Waals surface area contributed by atoms with Gasteiger partial charge in [-0.1, -0.05) is 34.1 Å². The monoisotopic (exact) mass is 341 g/mol. The van der Waals surface area contributed by atoms with E-state index in [0.717, 1.165) is 25.7 Å². The van der Waals surface area contributed by atoms with Crippen LogP contribution in [0.1, 0.15) is 80.6 Å². The van der Waals surface area contributed by atoms with Gasteiger partial charge in [0, 0.05) is 0 Å². The maximum absolute atomic E-state index is 11.9. The molecule has 2 N–H and O–H groups in total. The Morgan fingerprint density at radius 2 is 1.83 bits per heavy atom. The van der Waals surface area contributed by atoms with Crippen LogP contribution >= 0.6 is 0 Å². The second-order valence-corrected chi connectivity index (χ2v) is 9.55. The van der Waals surface area contributed by atoms with Crippen LogP contribution in [0.25, 0.3) is 0 Å². The van der Waals surface area contributed by atoms with E-state index < -0.39 is 23.7 Å². The Labute approximate surface area is 146 Å². The number of ether oxygens (including phenoxy) is 1. The third-order valence-corrected chi connectivity index (χ3v) is 4.94. The molecule has 3 unspecified atom stereocenters. The number of nitrogens with one attached hydrogen (secondary N) is 1. The van der Waals surface area contributed by atoms with Crippen LogP contribution in [0.5, 0.6) is 0 Å². The van der Waals surface area contributed by atoms with Crippen LogP contribution in [0.3, 0.4) is 0 Å². The topological polar surface area (TPSA) is 75.6 Å². The van der Waals surface area contributed by atoms with Crippen molar-refractivity contribution in [1.29, 1.82) is 0 Å². The average molecular weight is 341 g/mol. The molecule has 0 spiro atoms. The third kappa shape index (κ3) is 6.70. The minimum atomic E-state index is -0.998. The molecule has 1 aliphatic rings. The summed E-state index contributed by atoms with van der Waals surface area (Å²) in [5.41, 5.74) is -0.204. The fourth-order valence-electron chi connectivity index (χ4n) is 4.29. The second-order valence-electron chi connectivity index (χ2n) is 9.55. The van der Waals surface area contributed by atoms with Gasteiger partial charge in [0.25, 0.3) is 0 Å². The van der Waals surface area contributed by atoms with E-state index in [4.69, 9.17) is 4.74 Å². The molecule has 1 saturated carbocycles. The zero-order valence-corrected chi connectivity index (χ0v) is 16.4. The van der Waals surface area contributed by atoms with E-state index in [1.165, 1.54) is 0 Å². The molecule has 3 atom stereocenters. The number of aliphatic carboxylic acids is 1. The predicted molar refractivity (Wildman–Crippen MR) is 94.9 cm³/mol. The molecule has 0 bridgehead atoms. The third-order valence-electron chi connectivity index (χ3n) is 4.94. The van der Waals surface area contributed by atoms with Crippen LogP contribution < -0.4 is 5.32 Å². The molecule has 0 aromatic heterocycles. The molecular formula is C19H35NO4. The Morgan fingerprint density at radius 3 is 2.29 bits per heavy atom. The number of carbonyl (C=O) groups excluding carboxylic acids is 1. The van der Waals surface area contributed by atoms with Crippen molar-refractivity contribution in [1.82, 2.24) is 5.32 Å². The number of hydrogen-bond acceptors (Lipinski definition) is 3. The molecule has 5 heteroatoms. The molecular weight excluding hydrogens is 306 g/mol. The second kappa shape index (κ2) is 7.32. The Morgan fingerprint density at radius 1 is 1.25 bits per heavy atom. The van der Waals surface area contributed by atoms with Gasteiger partial charge in [-0.2, -0.15) is 0 Å². The van der Waals surface area contributed by atoms with Crippen LogP contribution in [-0.4, -0.2) is 28.8 Å². The minimum absolute atomic E-state index is 0.197. The maximum atomic E-state index is 11.9. The summed E-state index contributed by atoms with van der Waals surface area (Å²) in [4.78, 5) is 23.5. The zero-order chi connectivity index (χ0) is 18.8. The highest BCUT2D eigenvalue weighted by atomic mass is 16.6. The number of carbonyl (C=O) groups is 2. The van der Waals surface area contributed by atoms with E-state index in [9.17, 15) is 14.7 Å². The molecule has 0 heterocycles. The largest absolute Gasteiger partial charge is 0.480 e.